The van der Waals surface area contributed by atoms with Gasteiger partial charge in [0.05, 0.1) is 11.0 Å². The number of hydrogen-bond acceptors (Lipinski definition) is 3. The van der Waals surface area contributed by atoms with Crippen molar-refractivity contribution in [1.82, 2.24) is 4.57 Å². The first-order valence-electron chi connectivity index (χ1n) is 7.36. The molecule has 0 aliphatic rings. The van der Waals surface area contributed by atoms with Crippen LogP contribution in [0.4, 0.5) is 0 Å². The van der Waals surface area contributed by atoms with Crippen LogP contribution in [0.1, 0.15) is 0 Å². The zero-order valence-corrected chi connectivity index (χ0v) is 12.3. The molecule has 0 aliphatic heterocycles. The number of aromatic nitrogens is 1. The third-order valence-electron chi connectivity index (χ3n) is 3.91. The van der Waals surface area contributed by atoms with Gasteiger partial charge < -0.3 is 19.3 Å². The molecule has 0 unspecified atom stereocenters. The molecule has 0 aliphatic carbocycles. The quantitative estimate of drug-likeness (QED) is 0.572. The van der Waals surface area contributed by atoms with E-state index in [1.54, 1.807) is 6.07 Å². The lowest BCUT2D eigenvalue weighted by molar-refractivity contribution is 0.289. The van der Waals surface area contributed by atoms with E-state index in [-0.39, 0.29) is 0 Å². The van der Waals surface area contributed by atoms with E-state index in [1.807, 2.05) is 66.7 Å². The lowest BCUT2D eigenvalue weighted by atomic mass is 10.1. The van der Waals surface area contributed by atoms with Crippen molar-refractivity contribution < 1.29 is 14.7 Å². The largest absolute Gasteiger partial charge is 0.707 e. The van der Waals surface area contributed by atoms with Gasteiger partial charge in [-0.3, -0.25) is 0 Å². The molecular weight excluding hydrogens is 289 g/mol. The Kier molecular flexibility index (Phi) is 3.30. The highest BCUT2D eigenvalue weighted by Gasteiger charge is 2.18. The minimum atomic E-state index is -1.85. The molecule has 0 bridgehead atoms. The maximum absolute atomic E-state index is 9.19. The van der Waals surface area contributed by atoms with Crippen molar-refractivity contribution in [3.8, 4) is 11.4 Å². The van der Waals surface area contributed by atoms with Gasteiger partial charge in [0.2, 0.25) is 0 Å². The molecule has 23 heavy (non-hydrogen) atoms. The van der Waals surface area contributed by atoms with E-state index in [2.05, 4.69) is 4.57 Å². The van der Waals surface area contributed by atoms with Crippen molar-refractivity contribution in [2.45, 2.75) is 0 Å². The predicted molar refractivity (Wildman–Crippen MR) is 91.6 cm³/mol. The van der Waals surface area contributed by atoms with Crippen molar-refractivity contribution in [2.75, 3.05) is 0 Å². The lowest BCUT2D eigenvalue weighted by Gasteiger charge is -2.09. The van der Waals surface area contributed by atoms with Crippen LogP contribution in [0.25, 0.3) is 27.5 Å². The first-order valence-corrected chi connectivity index (χ1v) is 7.36. The van der Waals surface area contributed by atoms with E-state index in [4.69, 9.17) is 4.65 Å². The van der Waals surface area contributed by atoms with Crippen LogP contribution in [0.3, 0.4) is 0 Å². The van der Waals surface area contributed by atoms with Gasteiger partial charge in [-0.1, -0.05) is 42.5 Å². The van der Waals surface area contributed by atoms with Gasteiger partial charge in [0.15, 0.2) is 0 Å². The summed E-state index contributed by atoms with van der Waals surface area (Å²) in [6, 6.07) is 23.6. The summed E-state index contributed by atoms with van der Waals surface area (Å²) in [5.41, 5.74) is 3.04. The zero-order valence-electron chi connectivity index (χ0n) is 12.3. The lowest BCUT2D eigenvalue weighted by Crippen LogP contribution is -2.20. The molecule has 0 atom stereocenters. The predicted octanol–water partition coefficient (Wildman–Crippen LogP) is 3.13. The number of benzene rings is 3. The van der Waals surface area contributed by atoms with E-state index in [1.165, 1.54) is 0 Å². The maximum atomic E-state index is 9.19. The molecule has 0 amide bonds. The van der Waals surface area contributed by atoms with Gasteiger partial charge in [0.25, 0.3) is 0 Å². The molecule has 4 nitrogen and oxygen atoms in total. The molecule has 0 spiro atoms. The molecule has 4 aromatic rings. The Morgan fingerprint density at radius 3 is 2.22 bits per heavy atom. The van der Waals surface area contributed by atoms with Crippen LogP contribution in [0.2, 0.25) is 0 Å². The van der Waals surface area contributed by atoms with Crippen molar-refractivity contribution in [3.05, 3.63) is 72.8 Å². The number of para-hydroxylation sites is 2. The summed E-state index contributed by atoms with van der Waals surface area (Å²) in [7, 11) is -1.85. The highest BCUT2D eigenvalue weighted by Crippen LogP contribution is 2.37. The fourth-order valence-corrected chi connectivity index (χ4v) is 3.05. The fraction of sp³-hybridized carbons (Fsp3) is 0. The fourth-order valence-electron chi connectivity index (χ4n) is 3.05. The molecule has 2 N–H and O–H groups in total. The number of nitrogens with zero attached hydrogens (tertiary/aromatic N) is 1. The Hall–Kier alpha value is -2.76. The van der Waals surface area contributed by atoms with Gasteiger partial charge in [0, 0.05) is 16.5 Å². The standard InChI is InChI=1S/C18H14BNO3/c21-19(22)23-17-12-6-11-16-18(17)14-9-4-5-10-15(14)20(16)13-7-2-1-3-8-13/h1-12,21-22H. The van der Waals surface area contributed by atoms with Crippen molar-refractivity contribution in [3.63, 3.8) is 0 Å². The van der Waals surface area contributed by atoms with Crippen LogP contribution in [-0.4, -0.2) is 21.9 Å². The zero-order chi connectivity index (χ0) is 15.8. The molecule has 0 radical (unpaired) electrons. The molecule has 4 rings (SSSR count). The van der Waals surface area contributed by atoms with E-state index in [9.17, 15) is 10.0 Å². The number of fused-ring (bicyclic) bond motifs is 3. The Morgan fingerprint density at radius 2 is 1.43 bits per heavy atom. The monoisotopic (exact) mass is 303 g/mol. The third-order valence-corrected chi connectivity index (χ3v) is 3.91. The second-order valence-corrected chi connectivity index (χ2v) is 5.28. The van der Waals surface area contributed by atoms with Crippen LogP contribution in [0.15, 0.2) is 72.8 Å². The van der Waals surface area contributed by atoms with Gasteiger partial charge in [0.1, 0.15) is 5.75 Å². The summed E-state index contributed by atoms with van der Waals surface area (Å²) >= 11 is 0. The van der Waals surface area contributed by atoms with Gasteiger partial charge >= 0.3 is 7.32 Å². The topological polar surface area (TPSA) is 54.6 Å². The Bertz CT molecular complexity index is 980. The van der Waals surface area contributed by atoms with Crippen LogP contribution in [0, 0.1) is 0 Å². The molecule has 3 aromatic carbocycles. The Balaban J connectivity index is 2.13. The second kappa shape index (κ2) is 5.46. The summed E-state index contributed by atoms with van der Waals surface area (Å²) in [5.74, 6) is 0.448. The molecule has 112 valence electrons. The van der Waals surface area contributed by atoms with E-state index in [0.29, 0.717) is 5.75 Å². The average Bonchev–Trinajstić information content (AvgIpc) is 2.90. The summed E-state index contributed by atoms with van der Waals surface area (Å²) < 4.78 is 7.32. The van der Waals surface area contributed by atoms with Crippen molar-refractivity contribution in [2.24, 2.45) is 0 Å². The normalized spacial score (nSPS) is 11.0. The molecule has 0 saturated heterocycles. The molecular formula is C18H14BNO3. The Labute approximate surface area is 133 Å². The minimum Gasteiger partial charge on any atom is -0.511 e. The summed E-state index contributed by atoms with van der Waals surface area (Å²) in [4.78, 5) is 0. The van der Waals surface area contributed by atoms with E-state index >= 15 is 0 Å². The van der Waals surface area contributed by atoms with Gasteiger partial charge in [-0.05, 0) is 30.3 Å². The Morgan fingerprint density at radius 1 is 0.739 bits per heavy atom. The molecule has 0 fully saturated rings. The van der Waals surface area contributed by atoms with Crippen LogP contribution < -0.4 is 4.65 Å². The van der Waals surface area contributed by atoms with E-state index in [0.717, 1.165) is 27.5 Å². The maximum Gasteiger partial charge on any atom is 0.707 e. The number of hydrogen-bond donors (Lipinski definition) is 2. The molecule has 5 heteroatoms. The third kappa shape index (κ3) is 2.27. The first-order chi connectivity index (χ1) is 11.3. The second-order valence-electron chi connectivity index (χ2n) is 5.28. The summed E-state index contributed by atoms with van der Waals surface area (Å²) in [6.45, 7) is 0. The van der Waals surface area contributed by atoms with Gasteiger partial charge in [-0.25, -0.2) is 0 Å². The molecule has 1 aromatic heterocycles. The van der Waals surface area contributed by atoms with Crippen LogP contribution in [-0.2, 0) is 0 Å². The van der Waals surface area contributed by atoms with Crippen molar-refractivity contribution in [1.29, 1.82) is 0 Å². The summed E-state index contributed by atoms with van der Waals surface area (Å²) in [6.07, 6.45) is 0. The first kappa shape index (κ1) is 13.9. The highest BCUT2D eigenvalue weighted by molar-refractivity contribution is 6.34. The van der Waals surface area contributed by atoms with Gasteiger partial charge in [-0.15, -0.1) is 0 Å². The SMILES string of the molecule is OB(O)Oc1cccc2c1c1ccccc1n2-c1ccccc1. The van der Waals surface area contributed by atoms with Crippen LogP contribution in [0.5, 0.6) is 5.75 Å². The van der Waals surface area contributed by atoms with Crippen molar-refractivity contribution >= 4 is 29.1 Å². The van der Waals surface area contributed by atoms with Crippen LogP contribution >= 0.6 is 0 Å². The molecule has 1 heterocycles. The summed E-state index contributed by atoms with van der Waals surface area (Å²) in [5, 5.41) is 20.2. The van der Waals surface area contributed by atoms with Gasteiger partial charge in [-0.2, -0.15) is 0 Å². The highest BCUT2D eigenvalue weighted by atomic mass is 16.6. The average molecular weight is 303 g/mol. The number of rotatable bonds is 3. The smallest absolute Gasteiger partial charge is 0.511 e. The molecule has 0 saturated carbocycles. The minimum absolute atomic E-state index is 0.448. The van der Waals surface area contributed by atoms with E-state index < -0.39 is 7.32 Å².